The van der Waals surface area contributed by atoms with Gasteiger partial charge in [0.15, 0.2) is 24.6 Å². The Bertz CT molecular complexity index is 561. The first kappa shape index (κ1) is 23.8. The van der Waals surface area contributed by atoms with Crippen molar-refractivity contribution < 1.29 is 48.0 Å². The number of aliphatic hydroxyl groups is 1. The lowest BCUT2D eigenvalue weighted by Gasteiger charge is -2.28. The van der Waals surface area contributed by atoms with Crippen molar-refractivity contribution in [3.05, 3.63) is 0 Å². The summed E-state index contributed by atoms with van der Waals surface area (Å²) in [5, 5.41) is 10.2. The number of carbonyl (C=O) groups is 4. The van der Waals surface area contributed by atoms with Gasteiger partial charge in [0, 0.05) is 25.7 Å². The number of carbonyl (C=O) groups excluding carboxylic acids is 4. The number of rotatable bonds is 10. The third kappa shape index (κ3) is 6.75. The van der Waals surface area contributed by atoms with Gasteiger partial charge < -0.3 is 28.8 Å². The van der Waals surface area contributed by atoms with E-state index in [-0.39, 0.29) is 32.3 Å². The van der Waals surface area contributed by atoms with Gasteiger partial charge in [-0.2, -0.15) is 0 Å². The zero-order chi connectivity index (χ0) is 21.3. The fourth-order valence-corrected chi connectivity index (χ4v) is 2.42. The van der Waals surface area contributed by atoms with E-state index >= 15 is 0 Å². The maximum absolute atomic E-state index is 11.8. The molecule has 1 saturated heterocycles. The molecule has 0 radical (unpaired) electrons. The van der Waals surface area contributed by atoms with Crippen LogP contribution in [0.4, 0.5) is 0 Å². The summed E-state index contributed by atoms with van der Waals surface area (Å²) in [6, 6.07) is 0. The summed E-state index contributed by atoms with van der Waals surface area (Å²) in [5.41, 5.74) is 0. The first-order valence-corrected chi connectivity index (χ1v) is 9.34. The highest BCUT2D eigenvalue weighted by molar-refractivity contribution is 5.71. The molecule has 1 N–H and O–H groups in total. The molecule has 0 aliphatic carbocycles. The van der Waals surface area contributed by atoms with E-state index in [2.05, 4.69) is 0 Å². The monoisotopic (exact) mass is 404 g/mol. The van der Waals surface area contributed by atoms with Crippen LogP contribution in [-0.4, -0.2) is 66.3 Å². The van der Waals surface area contributed by atoms with Gasteiger partial charge in [-0.15, -0.1) is 0 Å². The molecule has 0 spiro atoms. The van der Waals surface area contributed by atoms with Gasteiger partial charge in [-0.25, -0.2) is 0 Å². The Morgan fingerprint density at radius 1 is 0.821 bits per heavy atom. The summed E-state index contributed by atoms with van der Waals surface area (Å²) in [5.74, 6) is -2.40. The molecule has 28 heavy (non-hydrogen) atoms. The summed E-state index contributed by atoms with van der Waals surface area (Å²) in [7, 11) is 0. The Hall–Kier alpha value is -2.20. The fourth-order valence-electron chi connectivity index (χ4n) is 2.42. The van der Waals surface area contributed by atoms with Crippen molar-refractivity contribution in [3.8, 4) is 0 Å². The highest BCUT2D eigenvalue weighted by Crippen LogP contribution is 2.30. The van der Waals surface area contributed by atoms with E-state index in [9.17, 15) is 24.3 Å². The summed E-state index contributed by atoms with van der Waals surface area (Å²) in [6.45, 7) is 5.92. The van der Waals surface area contributed by atoms with Gasteiger partial charge in [0.2, 0.25) is 0 Å². The van der Waals surface area contributed by atoms with Gasteiger partial charge >= 0.3 is 23.9 Å². The quantitative estimate of drug-likeness (QED) is 0.408. The van der Waals surface area contributed by atoms with Crippen LogP contribution >= 0.6 is 0 Å². The van der Waals surface area contributed by atoms with Gasteiger partial charge in [0.05, 0.1) is 0 Å². The van der Waals surface area contributed by atoms with Gasteiger partial charge in [-0.05, 0) is 0 Å². The smallest absolute Gasteiger partial charge is 0.306 e. The minimum atomic E-state index is -1.61. The molecule has 1 fully saturated rings. The molecule has 1 rings (SSSR count). The lowest BCUT2D eigenvalue weighted by molar-refractivity contribution is -0.186. The Balaban J connectivity index is 3.10. The standard InChI is InChI=1S/C18H28O10/c1-5-11(19)24-9-10(25-12(20)6-2)15-16(26-13(21)7-3)17(18(23)28-15)27-14(22)8-4/h10,15-18,23H,5-9H2,1-4H3. The van der Waals surface area contributed by atoms with Crippen LogP contribution in [0.15, 0.2) is 0 Å². The molecule has 0 aromatic heterocycles. The summed E-state index contributed by atoms with van der Waals surface area (Å²) < 4.78 is 26.1. The predicted octanol–water partition coefficient (Wildman–Crippen LogP) is 0.622. The molecule has 1 aliphatic rings. The maximum Gasteiger partial charge on any atom is 0.306 e. The summed E-state index contributed by atoms with van der Waals surface area (Å²) >= 11 is 0. The lowest BCUT2D eigenvalue weighted by Crippen LogP contribution is -2.47. The van der Waals surface area contributed by atoms with Crippen molar-refractivity contribution in [2.24, 2.45) is 0 Å². The van der Waals surface area contributed by atoms with E-state index in [1.165, 1.54) is 0 Å². The normalized spacial score (nSPS) is 24.9. The van der Waals surface area contributed by atoms with E-state index in [0.29, 0.717) is 0 Å². The van der Waals surface area contributed by atoms with Crippen molar-refractivity contribution in [2.45, 2.75) is 84.1 Å². The SMILES string of the molecule is CCC(=O)OCC(OC(=O)CC)C1OC(O)C(OC(=O)CC)C1OC(=O)CC. The summed E-state index contributed by atoms with van der Waals surface area (Å²) in [4.78, 5) is 46.8. The maximum atomic E-state index is 11.8. The average Bonchev–Trinajstić information content (AvgIpc) is 2.99. The third-order valence-corrected chi connectivity index (χ3v) is 3.97. The number of aliphatic hydroxyl groups excluding tert-OH is 1. The van der Waals surface area contributed by atoms with Crippen LogP contribution in [0.5, 0.6) is 0 Å². The lowest BCUT2D eigenvalue weighted by atomic mass is 10.1. The minimum Gasteiger partial charge on any atom is -0.462 e. The largest absolute Gasteiger partial charge is 0.462 e. The molecule has 1 aliphatic heterocycles. The molecule has 1 heterocycles. The van der Waals surface area contributed by atoms with Crippen LogP contribution in [0.25, 0.3) is 0 Å². The molecular weight excluding hydrogens is 376 g/mol. The molecule has 0 amide bonds. The van der Waals surface area contributed by atoms with E-state index in [0.717, 1.165) is 0 Å². The minimum absolute atomic E-state index is 0.0258. The third-order valence-electron chi connectivity index (χ3n) is 3.97. The highest BCUT2D eigenvalue weighted by atomic mass is 16.7. The number of ether oxygens (including phenoxy) is 5. The first-order chi connectivity index (χ1) is 13.3. The Labute approximate surface area is 163 Å². The topological polar surface area (TPSA) is 135 Å². The van der Waals surface area contributed by atoms with Crippen molar-refractivity contribution in [1.82, 2.24) is 0 Å². The van der Waals surface area contributed by atoms with E-state index in [4.69, 9.17) is 23.7 Å². The number of hydrogen-bond donors (Lipinski definition) is 1. The molecule has 5 atom stereocenters. The van der Waals surface area contributed by atoms with Crippen molar-refractivity contribution in [3.63, 3.8) is 0 Å². The molecule has 5 unspecified atom stereocenters. The van der Waals surface area contributed by atoms with E-state index in [1.807, 2.05) is 0 Å². The van der Waals surface area contributed by atoms with Crippen LogP contribution in [-0.2, 0) is 42.9 Å². The molecule has 10 heteroatoms. The molecule has 160 valence electrons. The number of esters is 4. The fraction of sp³-hybridized carbons (Fsp3) is 0.778. The van der Waals surface area contributed by atoms with E-state index < -0.39 is 54.6 Å². The van der Waals surface area contributed by atoms with Gasteiger partial charge in [-0.1, -0.05) is 27.7 Å². The molecule has 0 bridgehead atoms. The molecule has 0 aromatic carbocycles. The average molecular weight is 404 g/mol. The van der Waals surface area contributed by atoms with Crippen LogP contribution in [0.3, 0.4) is 0 Å². The second-order valence-electron chi connectivity index (χ2n) is 6.03. The van der Waals surface area contributed by atoms with Crippen molar-refractivity contribution in [2.75, 3.05) is 6.61 Å². The highest BCUT2D eigenvalue weighted by Gasteiger charge is 2.53. The van der Waals surface area contributed by atoms with Gasteiger partial charge in [-0.3, -0.25) is 19.2 Å². The van der Waals surface area contributed by atoms with E-state index in [1.54, 1.807) is 27.7 Å². The molecule has 10 nitrogen and oxygen atoms in total. The van der Waals surface area contributed by atoms with Gasteiger partial charge in [0.25, 0.3) is 0 Å². The Morgan fingerprint density at radius 2 is 1.32 bits per heavy atom. The Kier molecular flexibility index (Phi) is 9.88. The van der Waals surface area contributed by atoms with Crippen LogP contribution in [0.1, 0.15) is 53.4 Å². The zero-order valence-electron chi connectivity index (χ0n) is 16.5. The van der Waals surface area contributed by atoms with Gasteiger partial charge in [0.1, 0.15) is 12.7 Å². The zero-order valence-corrected chi connectivity index (χ0v) is 16.5. The second-order valence-corrected chi connectivity index (χ2v) is 6.03. The van der Waals surface area contributed by atoms with Crippen molar-refractivity contribution >= 4 is 23.9 Å². The van der Waals surface area contributed by atoms with Crippen LogP contribution < -0.4 is 0 Å². The van der Waals surface area contributed by atoms with Crippen LogP contribution in [0.2, 0.25) is 0 Å². The summed E-state index contributed by atoms with van der Waals surface area (Å²) in [6.07, 6.45) is -6.32. The first-order valence-electron chi connectivity index (χ1n) is 9.34. The second kappa shape index (κ2) is 11.6. The van der Waals surface area contributed by atoms with Crippen LogP contribution in [0, 0.1) is 0 Å². The number of hydrogen-bond acceptors (Lipinski definition) is 10. The van der Waals surface area contributed by atoms with Crippen molar-refractivity contribution in [1.29, 1.82) is 0 Å². The Morgan fingerprint density at radius 3 is 1.82 bits per heavy atom. The molecular formula is C18H28O10. The molecule has 0 saturated carbocycles. The predicted molar refractivity (Wildman–Crippen MR) is 92.6 cm³/mol. The molecule has 0 aromatic rings.